The summed E-state index contributed by atoms with van der Waals surface area (Å²) in [6, 6.07) is 13.0. The van der Waals surface area contributed by atoms with Crippen LogP contribution >= 0.6 is 0 Å². The highest BCUT2D eigenvalue weighted by molar-refractivity contribution is 5.93. The van der Waals surface area contributed by atoms with Gasteiger partial charge in [0.25, 0.3) is 0 Å². The fourth-order valence-electron chi connectivity index (χ4n) is 9.13. The fourth-order valence-corrected chi connectivity index (χ4v) is 9.13. The molecule has 6 atom stereocenters. The Hall–Kier alpha value is -3.01. The first kappa shape index (κ1) is 25.0. The number of fused-ring (bicyclic) bond motifs is 4. The molecule has 7 rings (SSSR count). The average Bonchev–Trinajstić information content (AvgIpc) is 3.76. The highest BCUT2D eigenvalue weighted by Gasteiger charge is 2.61. The molecule has 0 saturated heterocycles. The third kappa shape index (κ3) is 4.05. The van der Waals surface area contributed by atoms with Crippen molar-refractivity contribution in [2.45, 2.75) is 71.1 Å². The lowest BCUT2D eigenvalue weighted by Crippen LogP contribution is -2.45. The summed E-state index contributed by atoms with van der Waals surface area (Å²) in [4.78, 5) is 30.5. The van der Waals surface area contributed by atoms with E-state index in [9.17, 15) is 9.59 Å². The number of aromatic nitrogens is 1. The van der Waals surface area contributed by atoms with Crippen molar-refractivity contribution >= 4 is 11.6 Å². The minimum atomic E-state index is 0.0305. The van der Waals surface area contributed by atoms with E-state index < -0.39 is 0 Å². The second-order valence-corrected chi connectivity index (χ2v) is 13.2. The van der Waals surface area contributed by atoms with Gasteiger partial charge in [-0.1, -0.05) is 43.7 Å². The summed E-state index contributed by atoms with van der Waals surface area (Å²) in [6.07, 6.45) is 11.8. The molecule has 202 valence electrons. The second kappa shape index (κ2) is 9.28. The summed E-state index contributed by atoms with van der Waals surface area (Å²) in [7, 11) is 1.64. The number of Topliss-reactive ketones (excluding diaryl/α,β-unsaturated/α-hetero) is 1. The van der Waals surface area contributed by atoms with Gasteiger partial charge < -0.3 is 4.74 Å². The van der Waals surface area contributed by atoms with Crippen LogP contribution in [0.4, 0.5) is 0 Å². The maximum atomic E-state index is 13.7. The van der Waals surface area contributed by atoms with E-state index in [0.29, 0.717) is 47.7 Å². The van der Waals surface area contributed by atoms with Gasteiger partial charge in [-0.2, -0.15) is 0 Å². The summed E-state index contributed by atoms with van der Waals surface area (Å²) < 4.78 is 5.23. The van der Waals surface area contributed by atoms with Crippen LogP contribution in [0.3, 0.4) is 0 Å². The molecular weight excluding hydrogens is 482 g/mol. The third-order valence-corrected chi connectivity index (χ3v) is 11.0. The molecule has 1 heterocycles. The molecule has 4 heteroatoms. The van der Waals surface area contributed by atoms with Gasteiger partial charge in [-0.15, -0.1) is 0 Å². The van der Waals surface area contributed by atoms with E-state index in [1.54, 1.807) is 12.7 Å². The van der Waals surface area contributed by atoms with Crippen molar-refractivity contribution < 1.29 is 14.3 Å². The van der Waals surface area contributed by atoms with Crippen LogP contribution in [0.15, 0.2) is 65.4 Å². The minimum Gasteiger partial charge on any atom is -0.481 e. The molecule has 4 nitrogen and oxygen atoms in total. The van der Waals surface area contributed by atoms with Crippen LogP contribution in [0.5, 0.6) is 5.88 Å². The van der Waals surface area contributed by atoms with Gasteiger partial charge in [-0.3, -0.25) is 9.59 Å². The highest BCUT2D eigenvalue weighted by atomic mass is 16.5. The number of carbonyl (C=O) groups excluding carboxylic acids is 2. The van der Waals surface area contributed by atoms with Crippen molar-refractivity contribution in [2.24, 2.45) is 35.0 Å². The van der Waals surface area contributed by atoms with Crippen molar-refractivity contribution in [2.75, 3.05) is 7.11 Å². The predicted octanol–water partition coefficient (Wildman–Crippen LogP) is 7.50. The van der Waals surface area contributed by atoms with E-state index in [1.807, 2.05) is 18.3 Å². The van der Waals surface area contributed by atoms with Crippen molar-refractivity contribution in [1.29, 1.82) is 0 Å². The van der Waals surface area contributed by atoms with Gasteiger partial charge in [0, 0.05) is 42.0 Å². The normalized spacial score (nSPS) is 33.7. The van der Waals surface area contributed by atoms with Gasteiger partial charge in [0.1, 0.15) is 5.78 Å². The molecule has 0 bridgehead atoms. The van der Waals surface area contributed by atoms with Crippen molar-refractivity contribution in [3.8, 4) is 17.0 Å². The van der Waals surface area contributed by atoms with Crippen molar-refractivity contribution in [1.82, 2.24) is 4.98 Å². The van der Waals surface area contributed by atoms with E-state index in [-0.39, 0.29) is 17.1 Å². The Morgan fingerprint density at radius 2 is 1.77 bits per heavy atom. The Labute approximate surface area is 231 Å². The van der Waals surface area contributed by atoms with Crippen LogP contribution in [-0.4, -0.2) is 23.7 Å². The standard InChI is InChI=1S/C35H39NO3/c1-20-16-30-28-13-10-24-17-26(37)12-14-27(24)32(28)29(18-35(30,2)33(20)34(38)23-8-9-23)22-6-4-21(5-7-22)25-11-15-31(39-3)36-19-25/h4-7,11,15,17,19-20,23,28-30,33H,8-10,12-14,16,18H2,1-3H3/t20-,28?,29-,30?,33-,35+/m1/s1. The number of ketones is 2. The first-order chi connectivity index (χ1) is 18.9. The molecular formula is C35H39NO3. The number of pyridine rings is 1. The molecule has 1 aromatic carbocycles. The highest BCUT2D eigenvalue weighted by Crippen LogP contribution is 2.67. The lowest BCUT2D eigenvalue weighted by Gasteiger charge is -2.52. The number of allylic oxidation sites excluding steroid dienone is 4. The van der Waals surface area contributed by atoms with Gasteiger partial charge in [-0.05, 0) is 103 Å². The number of nitrogens with zero attached hydrogens (tertiary/aromatic N) is 1. The molecule has 1 aromatic heterocycles. The van der Waals surface area contributed by atoms with Crippen LogP contribution in [0, 0.1) is 35.0 Å². The molecule has 5 aliphatic rings. The van der Waals surface area contributed by atoms with Crippen LogP contribution in [0.2, 0.25) is 0 Å². The fraction of sp³-hybridized carbons (Fsp3) is 0.514. The first-order valence-electron chi connectivity index (χ1n) is 15.0. The molecule has 3 fully saturated rings. The van der Waals surface area contributed by atoms with Crippen molar-refractivity contribution in [3.63, 3.8) is 0 Å². The minimum absolute atomic E-state index is 0.0305. The van der Waals surface area contributed by atoms with E-state index in [0.717, 1.165) is 56.1 Å². The molecule has 39 heavy (non-hydrogen) atoms. The quantitative estimate of drug-likeness (QED) is 0.409. The number of rotatable bonds is 5. The summed E-state index contributed by atoms with van der Waals surface area (Å²) in [5, 5.41) is 0. The lowest BCUT2D eigenvalue weighted by molar-refractivity contribution is -0.130. The summed E-state index contributed by atoms with van der Waals surface area (Å²) in [6.45, 7) is 4.81. The Balaban J connectivity index is 1.31. The predicted molar refractivity (Wildman–Crippen MR) is 152 cm³/mol. The second-order valence-electron chi connectivity index (χ2n) is 13.2. The molecule has 0 amide bonds. The van der Waals surface area contributed by atoms with E-state index in [2.05, 4.69) is 49.2 Å². The maximum absolute atomic E-state index is 13.7. The number of carbonyl (C=O) groups is 2. The van der Waals surface area contributed by atoms with Gasteiger partial charge >= 0.3 is 0 Å². The number of hydrogen-bond donors (Lipinski definition) is 0. The van der Waals surface area contributed by atoms with Gasteiger partial charge in [0.2, 0.25) is 5.88 Å². The monoisotopic (exact) mass is 521 g/mol. The topological polar surface area (TPSA) is 56.3 Å². The average molecular weight is 522 g/mol. The molecule has 2 aromatic rings. The van der Waals surface area contributed by atoms with Gasteiger partial charge in [-0.25, -0.2) is 4.98 Å². The van der Waals surface area contributed by atoms with Crippen LogP contribution in [0.1, 0.15) is 76.7 Å². The number of hydrogen-bond acceptors (Lipinski definition) is 4. The van der Waals surface area contributed by atoms with E-state index in [4.69, 9.17) is 4.74 Å². The van der Waals surface area contributed by atoms with E-state index >= 15 is 0 Å². The van der Waals surface area contributed by atoms with Crippen molar-refractivity contribution in [3.05, 3.63) is 71.0 Å². The molecule has 0 N–H and O–H groups in total. The Morgan fingerprint density at radius 1 is 1.00 bits per heavy atom. The maximum Gasteiger partial charge on any atom is 0.212 e. The molecule has 0 radical (unpaired) electrons. The summed E-state index contributed by atoms with van der Waals surface area (Å²) in [5.41, 5.74) is 7.98. The van der Waals surface area contributed by atoms with Crippen LogP contribution in [0.25, 0.3) is 11.1 Å². The molecule has 0 aliphatic heterocycles. The molecule has 0 spiro atoms. The number of ether oxygens (including phenoxy) is 1. The zero-order valence-electron chi connectivity index (χ0n) is 23.4. The number of benzene rings is 1. The first-order valence-corrected chi connectivity index (χ1v) is 15.0. The van der Waals surface area contributed by atoms with E-state index in [1.165, 1.54) is 16.7 Å². The SMILES string of the molecule is COc1ccc(-c2ccc([C@H]3C[C@@]4(C)C(C[C@@H](C)[C@@H]4C(=O)C4CC4)C4CCC5=CC(=O)CCC5=C43)cc2)cn1. The summed E-state index contributed by atoms with van der Waals surface area (Å²) in [5.74, 6) is 3.78. The number of methoxy groups -OCH3 is 1. The summed E-state index contributed by atoms with van der Waals surface area (Å²) >= 11 is 0. The molecule has 5 aliphatic carbocycles. The van der Waals surface area contributed by atoms with Gasteiger partial charge in [0.05, 0.1) is 7.11 Å². The molecule has 3 saturated carbocycles. The molecule has 2 unspecified atom stereocenters. The van der Waals surface area contributed by atoms with Crippen LogP contribution < -0.4 is 4.74 Å². The van der Waals surface area contributed by atoms with Crippen LogP contribution in [-0.2, 0) is 9.59 Å². The zero-order chi connectivity index (χ0) is 26.9. The Morgan fingerprint density at radius 3 is 2.46 bits per heavy atom. The third-order valence-electron chi connectivity index (χ3n) is 11.0. The Bertz CT molecular complexity index is 1380. The lowest BCUT2D eigenvalue weighted by atomic mass is 9.51. The zero-order valence-corrected chi connectivity index (χ0v) is 23.4. The van der Waals surface area contributed by atoms with Gasteiger partial charge in [0.15, 0.2) is 5.78 Å². The smallest absolute Gasteiger partial charge is 0.212 e. The largest absolute Gasteiger partial charge is 0.481 e. The Kier molecular flexibility index (Phi) is 5.95.